The van der Waals surface area contributed by atoms with Gasteiger partial charge in [0.25, 0.3) is 0 Å². The maximum atomic E-state index is 12.2. The summed E-state index contributed by atoms with van der Waals surface area (Å²) in [6.07, 6.45) is 0. The fourth-order valence-corrected chi connectivity index (χ4v) is 1.16. The fourth-order valence-electron chi connectivity index (χ4n) is 0.994. The van der Waals surface area contributed by atoms with Crippen molar-refractivity contribution in [2.75, 3.05) is 6.61 Å². The molecule has 0 saturated heterocycles. The molecule has 0 bridgehead atoms. The van der Waals surface area contributed by atoms with Crippen molar-refractivity contribution in [1.82, 2.24) is 0 Å². The molecule has 0 saturated carbocycles. The maximum absolute atomic E-state index is 12.2. The van der Waals surface area contributed by atoms with Gasteiger partial charge in [-0.25, -0.2) is 0 Å². The first kappa shape index (κ1) is 13.0. The Kier molecular flexibility index (Phi) is 3.91. The lowest BCUT2D eigenvalue weighted by atomic mass is 9.81. The molecule has 0 fully saturated rings. The van der Waals surface area contributed by atoms with Crippen molar-refractivity contribution in [1.29, 1.82) is 0 Å². The minimum atomic E-state index is -5.04. The van der Waals surface area contributed by atoms with Crippen LogP contribution in [0.5, 0.6) is 5.75 Å². The lowest BCUT2D eigenvalue weighted by Gasteiger charge is -2.18. The molecule has 0 radical (unpaired) electrons. The van der Waals surface area contributed by atoms with Gasteiger partial charge in [0.1, 0.15) is 5.75 Å². The van der Waals surface area contributed by atoms with E-state index in [-0.39, 0.29) is 0 Å². The Balaban J connectivity index is 2.68. The molecule has 0 aliphatic carbocycles. The van der Waals surface area contributed by atoms with Crippen LogP contribution in [-0.4, -0.2) is 13.6 Å². The van der Waals surface area contributed by atoms with Crippen molar-refractivity contribution in [2.45, 2.75) is 6.92 Å². The van der Waals surface area contributed by atoms with E-state index in [9.17, 15) is 12.9 Å². The van der Waals surface area contributed by atoms with Crippen LogP contribution in [0.4, 0.5) is 12.9 Å². The van der Waals surface area contributed by atoms with E-state index in [1.54, 1.807) is 19.1 Å². The molecule has 0 aliphatic rings. The van der Waals surface area contributed by atoms with Crippen LogP contribution in [-0.2, 0) is 0 Å². The number of halogens is 4. The van der Waals surface area contributed by atoms with Gasteiger partial charge in [0, 0.05) is 5.02 Å². The highest BCUT2D eigenvalue weighted by atomic mass is 35.5. The zero-order chi connectivity index (χ0) is 12.3. The second-order valence-corrected chi connectivity index (χ2v) is 3.87. The highest BCUT2D eigenvalue weighted by molar-refractivity contribution is 6.66. The van der Waals surface area contributed by atoms with Gasteiger partial charge >= 0.3 is 6.98 Å². The van der Waals surface area contributed by atoms with E-state index in [0.29, 0.717) is 10.8 Å². The van der Waals surface area contributed by atoms with Crippen LogP contribution < -0.4 is 4.74 Å². The first-order valence-electron chi connectivity index (χ1n) is 4.57. The predicted molar refractivity (Wildman–Crippen MR) is 59.9 cm³/mol. The van der Waals surface area contributed by atoms with Gasteiger partial charge in [-0.3, -0.25) is 0 Å². The van der Waals surface area contributed by atoms with E-state index >= 15 is 0 Å². The van der Waals surface area contributed by atoms with Crippen LogP contribution in [0.25, 0.3) is 0 Å². The average Bonchev–Trinajstić information content (AvgIpc) is 2.17. The van der Waals surface area contributed by atoms with E-state index in [1.807, 2.05) is 0 Å². The highest BCUT2D eigenvalue weighted by Gasteiger charge is 2.27. The van der Waals surface area contributed by atoms with Crippen LogP contribution in [0.2, 0.25) is 5.02 Å². The Bertz CT molecular complexity index is 404. The molecule has 1 rings (SSSR count). The molecule has 16 heavy (non-hydrogen) atoms. The van der Waals surface area contributed by atoms with Crippen LogP contribution in [0, 0.1) is 6.92 Å². The Labute approximate surface area is 96.9 Å². The standard InChI is InChI=1S/C10H10BClF3O/c1-7-3-4-9(12)5-10(7)16-6-8(2)11(13,14)15/h3-5H,2,6H2,1H3/q-1. The third-order valence-corrected chi connectivity index (χ3v) is 2.26. The lowest BCUT2D eigenvalue weighted by Crippen LogP contribution is -2.23. The van der Waals surface area contributed by atoms with Gasteiger partial charge in [0.15, 0.2) is 0 Å². The Morgan fingerprint density at radius 2 is 2.06 bits per heavy atom. The van der Waals surface area contributed by atoms with Gasteiger partial charge in [-0.2, -0.15) is 0 Å². The van der Waals surface area contributed by atoms with E-state index < -0.39 is 19.1 Å². The molecule has 0 aromatic heterocycles. The maximum Gasteiger partial charge on any atom is 0.508 e. The first-order valence-corrected chi connectivity index (χ1v) is 4.95. The van der Waals surface area contributed by atoms with Crippen LogP contribution in [0.15, 0.2) is 30.3 Å². The smallest absolute Gasteiger partial charge is 0.492 e. The van der Waals surface area contributed by atoms with Gasteiger partial charge < -0.3 is 17.7 Å². The molecule has 1 aromatic rings. The molecular formula is C10H10BClF3O-. The predicted octanol–water partition coefficient (Wildman–Crippen LogP) is 3.97. The largest absolute Gasteiger partial charge is 0.508 e. The third kappa shape index (κ3) is 3.49. The second-order valence-electron chi connectivity index (χ2n) is 3.43. The monoisotopic (exact) mass is 249 g/mol. The van der Waals surface area contributed by atoms with Crippen molar-refractivity contribution < 1.29 is 17.7 Å². The molecule has 6 heteroatoms. The SMILES string of the molecule is C=C(COc1cc(Cl)ccc1C)[B-](F)(F)F. The van der Waals surface area contributed by atoms with Crippen LogP contribution in [0.3, 0.4) is 0 Å². The van der Waals surface area contributed by atoms with Gasteiger partial charge in [-0.05, 0) is 24.6 Å². The van der Waals surface area contributed by atoms with Crippen molar-refractivity contribution >= 4 is 18.6 Å². The van der Waals surface area contributed by atoms with Crippen LogP contribution in [0.1, 0.15) is 5.56 Å². The van der Waals surface area contributed by atoms with Crippen molar-refractivity contribution in [3.63, 3.8) is 0 Å². The van der Waals surface area contributed by atoms with E-state index in [0.717, 1.165) is 5.56 Å². The molecule has 0 N–H and O–H groups in total. The van der Waals surface area contributed by atoms with Crippen molar-refractivity contribution in [3.8, 4) is 5.75 Å². The van der Waals surface area contributed by atoms with Crippen molar-refractivity contribution in [3.05, 3.63) is 40.8 Å². The third-order valence-electron chi connectivity index (χ3n) is 2.03. The average molecular weight is 249 g/mol. The van der Waals surface area contributed by atoms with Gasteiger partial charge in [0.2, 0.25) is 0 Å². The highest BCUT2D eigenvalue weighted by Crippen LogP contribution is 2.24. The second kappa shape index (κ2) is 4.83. The summed E-state index contributed by atoms with van der Waals surface area (Å²) in [4.78, 5) is 0. The van der Waals surface area contributed by atoms with E-state index in [2.05, 4.69) is 6.58 Å². The molecule has 0 amide bonds. The molecular weight excluding hydrogens is 239 g/mol. The molecule has 0 atom stereocenters. The summed E-state index contributed by atoms with van der Waals surface area (Å²) in [5.41, 5.74) is -0.133. The zero-order valence-electron chi connectivity index (χ0n) is 8.64. The lowest BCUT2D eigenvalue weighted by molar-refractivity contribution is 0.344. The van der Waals surface area contributed by atoms with Crippen LogP contribution >= 0.6 is 11.6 Å². The van der Waals surface area contributed by atoms with Gasteiger partial charge in [0.05, 0.1) is 6.61 Å². The summed E-state index contributed by atoms with van der Waals surface area (Å²) in [5, 5.41) is 0.420. The molecule has 0 unspecified atom stereocenters. The summed E-state index contributed by atoms with van der Waals surface area (Å²) >= 11 is 5.70. The van der Waals surface area contributed by atoms with Gasteiger partial charge in [-0.1, -0.05) is 17.7 Å². The molecule has 0 heterocycles. The molecule has 88 valence electrons. The molecule has 0 aliphatic heterocycles. The molecule has 0 spiro atoms. The fraction of sp³-hybridized carbons (Fsp3) is 0.200. The number of rotatable bonds is 4. The number of hydrogen-bond donors (Lipinski definition) is 0. The normalized spacial score (nSPS) is 11.3. The Morgan fingerprint density at radius 3 is 2.62 bits per heavy atom. The van der Waals surface area contributed by atoms with E-state index in [1.165, 1.54) is 6.07 Å². The number of ether oxygens (including phenoxy) is 1. The zero-order valence-corrected chi connectivity index (χ0v) is 9.40. The number of hydrogen-bond acceptors (Lipinski definition) is 1. The summed E-state index contributed by atoms with van der Waals surface area (Å²) in [6, 6.07) is 4.80. The quantitative estimate of drug-likeness (QED) is 0.734. The summed E-state index contributed by atoms with van der Waals surface area (Å²) < 4.78 is 41.6. The molecule has 1 aromatic carbocycles. The van der Waals surface area contributed by atoms with Crippen molar-refractivity contribution in [2.24, 2.45) is 0 Å². The minimum Gasteiger partial charge on any atom is -0.492 e. The van der Waals surface area contributed by atoms with E-state index in [4.69, 9.17) is 16.3 Å². The topological polar surface area (TPSA) is 9.23 Å². The summed E-state index contributed by atoms with van der Waals surface area (Å²) in [5.74, 6) is 0.341. The van der Waals surface area contributed by atoms with Gasteiger partial charge in [-0.15, -0.1) is 12.1 Å². The summed E-state index contributed by atoms with van der Waals surface area (Å²) in [6.45, 7) is -0.940. The minimum absolute atomic E-state index is 0.341. The number of aryl methyl sites for hydroxylation is 1. The number of benzene rings is 1. The Morgan fingerprint density at radius 1 is 1.44 bits per heavy atom. The Hall–Kier alpha value is -1.10. The first-order chi connectivity index (χ1) is 7.30. The summed E-state index contributed by atoms with van der Waals surface area (Å²) in [7, 11) is 0. The molecule has 1 nitrogen and oxygen atoms in total.